The van der Waals surface area contributed by atoms with Crippen molar-refractivity contribution in [1.29, 1.82) is 0 Å². The Hall–Kier alpha value is -0.0800. The van der Waals surface area contributed by atoms with Crippen molar-refractivity contribution in [3.8, 4) is 0 Å². The van der Waals surface area contributed by atoms with Crippen molar-refractivity contribution in [2.24, 2.45) is 5.92 Å². The number of halogens is 3. The maximum Gasteiger partial charge on any atom is 0.137 e. The predicted octanol–water partition coefficient (Wildman–Crippen LogP) is 5.32. The molecule has 0 N–H and O–H groups in total. The number of benzene rings is 1. The fourth-order valence-corrected chi connectivity index (χ4v) is 3.43. The van der Waals surface area contributed by atoms with Crippen molar-refractivity contribution in [3.05, 3.63) is 34.1 Å². The van der Waals surface area contributed by atoms with Crippen molar-refractivity contribution in [2.45, 2.75) is 43.9 Å². The molecule has 1 aromatic rings. The number of rotatable bonds is 2. The molecule has 0 nitrogen and oxygen atoms in total. The van der Waals surface area contributed by atoms with Crippen molar-refractivity contribution in [2.75, 3.05) is 0 Å². The molecule has 2 atom stereocenters. The Morgan fingerprint density at radius 1 is 1.29 bits per heavy atom. The summed E-state index contributed by atoms with van der Waals surface area (Å²) < 4.78 is 14.0. The van der Waals surface area contributed by atoms with Crippen LogP contribution in [-0.2, 0) is 6.42 Å². The lowest BCUT2D eigenvalue weighted by molar-refractivity contribution is 0.458. The van der Waals surface area contributed by atoms with Gasteiger partial charge in [0.1, 0.15) is 5.82 Å². The average molecular weight is 320 g/mol. The molecule has 1 aliphatic carbocycles. The van der Waals surface area contributed by atoms with Crippen LogP contribution in [-0.4, -0.2) is 5.38 Å². The summed E-state index contributed by atoms with van der Waals surface area (Å²) in [4.78, 5) is 0. The summed E-state index contributed by atoms with van der Waals surface area (Å²) in [5.74, 6) is 0.427. The molecule has 94 valence electrons. The van der Waals surface area contributed by atoms with E-state index in [2.05, 4.69) is 15.9 Å². The molecule has 0 bridgehead atoms. The van der Waals surface area contributed by atoms with Crippen molar-refractivity contribution in [3.63, 3.8) is 0 Å². The van der Waals surface area contributed by atoms with Gasteiger partial charge in [-0.25, -0.2) is 4.39 Å². The largest absolute Gasteiger partial charge is 0.206 e. The third kappa shape index (κ3) is 3.69. The molecule has 0 amide bonds. The summed E-state index contributed by atoms with van der Waals surface area (Å²) in [5, 5.41) is 0.301. The summed E-state index contributed by atoms with van der Waals surface area (Å²) in [6.07, 6.45) is 6.82. The van der Waals surface area contributed by atoms with Crippen LogP contribution in [0.3, 0.4) is 0 Å². The molecule has 2 rings (SSSR count). The van der Waals surface area contributed by atoms with Crippen molar-refractivity contribution >= 4 is 27.5 Å². The minimum atomic E-state index is -0.168. The van der Waals surface area contributed by atoms with E-state index >= 15 is 0 Å². The SMILES string of the molecule is Fc1cccc(CC2CCCCC(Cl)C2)c1Br. The summed E-state index contributed by atoms with van der Waals surface area (Å²) >= 11 is 9.60. The monoisotopic (exact) mass is 318 g/mol. The molecule has 0 spiro atoms. The van der Waals surface area contributed by atoms with Gasteiger partial charge in [-0.1, -0.05) is 31.4 Å². The Bertz CT molecular complexity index is 380. The molecular weight excluding hydrogens is 303 g/mol. The maximum atomic E-state index is 13.4. The predicted molar refractivity (Wildman–Crippen MR) is 74.0 cm³/mol. The van der Waals surface area contributed by atoms with Gasteiger partial charge in [0, 0.05) is 5.38 Å². The van der Waals surface area contributed by atoms with Gasteiger partial charge in [0.05, 0.1) is 4.47 Å². The molecule has 1 fully saturated rings. The zero-order valence-corrected chi connectivity index (χ0v) is 12.1. The van der Waals surface area contributed by atoms with Gasteiger partial charge in [-0.3, -0.25) is 0 Å². The van der Waals surface area contributed by atoms with Crippen LogP contribution in [0.1, 0.15) is 37.7 Å². The van der Waals surface area contributed by atoms with Gasteiger partial charge < -0.3 is 0 Å². The van der Waals surface area contributed by atoms with Crippen LogP contribution in [0.25, 0.3) is 0 Å². The van der Waals surface area contributed by atoms with Crippen LogP contribution in [0, 0.1) is 11.7 Å². The first-order valence-electron chi connectivity index (χ1n) is 6.23. The summed E-state index contributed by atoms with van der Waals surface area (Å²) in [6, 6.07) is 5.27. The second-order valence-corrected chi connectivity index (χ2v) is 6.31. The molecule has 0 radical (unpaired) electrons. The van der Waals surface area contributed by atoms with Gasteiger partial charge in [0.15, 0.2) is 0 Å². The lowest BCUT2D eigenvalue weighted by Gasteiger charge is -2.17. The van der Waals surface area contributed by atoms with E-state index in [1.165, 1.54) is 25.3 Å². The van der Waals surface area contributed by atoms with Crippen LogP contribution in [0.5, 0.6) is 0 Å². The summed E-state index contributed by atoms with van der Waals surface area (Å²) in [7, 11) is 0. The van der Waals surface area contributed by atoms with Crippen LogP contribution >= 0.6 is 27.5 Å². The molecule has 1 aliphatic rings. The molecule has 17 heavy (non-hydrogen) atoms. The van der Waals surface area contributed by atoms with Crippen molar-refractivity contribution in [1.82, 2.24) is 0 Å². The fourth-order valence-electron chi connectivity index (χ4n) is 2.60. The van der Waals surface area contributed by atoms with Crippen LogP contribution in [0.2, 0.25) is 0 Å². The molecule has 0 aromatic heterocycles. The van der Waals surface area contributed by atoms with Gasteiger partial charge in [0.25, 0.3) is 0 Å². The zero-order valence-electron chi connectivity index (χ0n) is 9.76. The Morgan fingerprint density at radius 2 is 2.06 bits per heavy atom. The zero-order chi connectivity index (χ0) is 12.3. The lowest BCUT2D eigenvalue weighted by atomic mass is 9.92. The highest BCUT2D eigenvalue weighted by Crippen LogP contribution is 2.31. The van der Waals surface area contributed by atoms with E-state index in [0.717, 1.165) is 24.8 Å². The van der Waals surface area contributed by atoms with E-state index in [1.807, 2.05) is 6.07 Å². The van der Waals surface area contributed by atoms with Gasteiger partial charge in [-0.05, 0) is 52.7 Å². The van der Waals surface area contributed by atoms with Gasteiger partial charge >= 0.3 is 0 Å². The highest BCUT2D eigenvalue weighted by Gasteiger charge is 2.20. The average Bonchev–Trinajstić information content (AvgIpc) is 2.49. The van der Waals surface area contributed by atoms with Gasteiger partial charge in [0.2, 0.25) is 0 Å². The molecule has 0 aliphatic heterocycles. The Balaban J connectivity index is 2.06. The fraction of sp³-hybridized carbons (Fsp3) is 0.571. The van der Waals surface area contributed by atoms with Crippen molar-refractivity contribution < 1.29 is 4.39 Å². The first-order chi connectivity index (χ1) is 8.16. The summed E-state index contributed by atoms with van der Waals surface area (Å²) in [6.45, 7) is 0. The number of hydrogen-bond donors (Lipinski definition) is 0. The lowest BCUT2D eigenvalue weighted by Crippen LogP contribution is -2.09. The second kappa shape index (κ2) is 6.19. The topological polar surface area (TPSA) is 0 Å². The first-order valence-corrected chi connectivity index (χ1v) is 7.46. The number of alkyl halides is 1. The van der Waals surface area contributed by atoms with E-state index in [-0.39, 0.29) is 5.82 Å². The van der Waals surface area contributed by atoms with E-state index in [1.54, 1.807) is 6.07 Å². The summed E-state index contributed by atoms with van der Waals surface area (Å²) in [5.41, 5.74) is 1.07. The minimum Gasteiger partial charge on any atom is -0.206 e. The molecular formula is C14H17BrClF. The quantitative estimate of drug-likeness (QED) is 0.511. The molecule has 1 aromatic carbocycles. The van der Waals surface area contributed by atoms with Gasteiger partial charge in [-0.15, -0.1) is 11.6 Å². The maximum absolute atomic E-state index is 13.4. The Kier molecular flexibility index (Phi) is 4.87. The highest BCUT2D eigenvalue weighted by molar-refractivity contribution is 9.10. The van der Waals surface area contributed by atoms with Crippen LogP contribution in [0.4, 0.5) is 4.39 Å². The third-order valence-corrected chi connectivity index (χ3v) is 4.79. The smallest absolute Gasteiger partial charge is 0.137 e. The second-order valence-electron chi connectivity index (χ2n) is 4.90. The van der Waals surface area contributed by atoms with E-state index in [4.69, 9.17) is 11.6 Å². The highest BCUT2D eigenvalue weighted by atomic mass is 79.9. The standard InChI is InChI=1S/C14H17BrClF/c15-14-11(5-3-7-13(14)17)8-10-4-1-2-6-12(16)9-10/h3,5,7,10,12H,1-2,4,6,8-9H2. The Labute approximate surface area is 116 Å². The normalized spacial score (nSPS) is 25.6. The van der Waals surface area contributed by atoms with Crippen LogP contribution < -0.4 is 0 Å². The molecule has 2 unspecified atom stereocenters. The van der Waals surface area contributed by atoms with Gasteiger partial charge in [-0.2, -0.15) is 0 Å². The number of hydrogen-bond acceptors (Lipinski definition) is 0. The van der Waals surface area contributed by atoms with E-state index in [9.17, 15) is 4.39 Å². The Morgan fingerprint density at radius 3 is 2.88 bits per heavy atom. The van der Waals surface area contributed by atoms with Crippen LogP contribution in [0.15, 0.2) is 22.7 Å². The molecule has 0 heterocycles. The third-order valence-electron chi connectivity index (χ3n) is 3.51. The minimum absolute atomic E-state index is 0.168. The first kappa shape index (κ1) is 13.4. The molecule has 0 saturated heterocycles. The molecule has 1 saturated carbocycles. The van der Waals surface area contributed by atoms with E-state index in [0.29, 0.717) is 15.8 Å². The van der Waals surface area contributed by atoms with E-state index < -0.39 is 0 Å². The molecule has 3 heteroatoms.